The number of aliphatic hydroxyl groups excluding tert-OH is 1. The van der Waals surface area contributed by atoms with Gasteiger partial charge in [-0.1, -0.05) is 31.4 Å². The molecular formula is C24H36N4O. The fourth-order valence-corrected chi connectivity index (χ4v) is 5.31. The Kier molecular flexibility index (Phi) is 6.68. The van der Waals surface area contributed by atoms with Gasteiger partial charge in [0.05, 0.1) is 11.4 Å². The first-order valence-electron chi connectivity index (χ1n) is 11.4. The van der Waals surface area contributed by atoms with Crippen molar-refractivity contribution in [2.75, 3.05) is 26.2 Å². The van der Waals surface area contributed by atoms with Crippen LogP contribution in [0.4, 0.5) is 0 Å². The first-order chi connectivity index (χ1) is 14.1. The van der Waals surface area contributed by atoms with Gasteiger partial charge in [-0.05, 0) is 56.9 Å². The van der Waals surface area contributed by atoms with E-state index in [2.05, 4.69) is 52.2 Å². The molecule has 0 spiro atoms. The fourth-order valence-electron chi connectivity index (χ4n) is 5.31. The van der Waals surface area contributed by atoms with E-state index in [1.807, 2.05) is 11.6 Å². The highest BCUT2D eigenvalue weighted by molar-refractivity contribution is 5.37. The van der Waals surface area contributed by atoms with Gasteiger partial charge in [0.2, 0.25) is 0 Å². The van der Waals surface area contributed by atoms with Crippen LogP contribution in [0.2, 0.25) is 0 Å². The predicted octanol–water partition coefficient (Wildman–Crippen LogP) is 3.69. The molecule has 158 valence electrons. The summed E-state index contributed by atoms with van der Waals surface area (Å²) in [5, 5.41) is 14.3. The van der Waals surface area contributed by atoms with Gasteiger partial charge in [-0.3, -0.25) is 9.80 Å². The quantitative estimate of drug-likeness (QED) is 0.809. The van der Waals surface area contributed by atoms with Crippen LogP contribution in [0.1, 0.15) is 55.5 Å². The molecule has 2 fully saturated rings. The molecule has 1 aromatic carbocycles. The molecule has 0 bridgehead atoms. The zero-order valence-electron chi connectivity index (χ0n) is 18.1. The molecule has 2 aromatic rings. The second-order valence-electron chi connectivity index (χ2n) is 8.94. The molecule has 5 heteroatoms. The van der Waals surface area contributed by atoms with E-state index in [1.54, 1.807) is 0 Å². The molecule has 1 N–H and O–H groups in total. The van der Waals surface area contributed by atoms with E-state index >= 15 is 0 Å². The van der Waals surface area contributed by atoms with Crippen molar-refractivity contribution in [2.45, 2.75) is 71.0 Å². The summed E-state index contributed by atoms with van der Waals surface area (Å²) >= 11 is 0. The standard InChI is InChI=1S/C24H36N4O/c1-19-15-20(2)28(25-19)23-10-6-7-21(16-23)17-26-12-13-27(24(18-26)11-14-29)22-8-4-3-5-9-22/h6-7,10,15-16,22,24,29H,3-5,8-9,11-14,17-18H2,1-2H3/t24-/m0/s1. The maximum atomic E-state index is 9.65. The molecule has 1 aliphatic heterocycles. The van der Waals surface area contributed by atoms with E-state index in [-0.39, 0.29) is 6.61 Å². The highest BCUT2D eigenvalue weighted by Crippen LogP contribution is 2.27. The lowest BCUT2D eigenvalue weighted by molar-refractivity contribution is 0.0137. The van der Waals surface area contributed by atoms with Crippen LogP contribution in [-0.2, 0) is 6.54 Å². The molecule has 1 saturated heterocycles. The molecule has 0 unspecified atom stereocenters. The second-order valence-corrected chi connectivity index (χ2v) is 8.94. The van der Waals surface area contributed by atoms with E-state index in [1.165, 1.54) is 43.4 Å². The minimum absolute atomic E-state index is 0.287. The minimum Gasteiger partial charge on any atom is -0.396 e. The third kappa shape index (κ3) is 4.90. The van der Waals surface area contributed by atoms with Gasteiger partial charge in [-0.2, -0.15) is 5.10 Å². The summed E-state index contributed by atoms with van der Waals surface area (Å²) in [7, 11) is 0. The van der Waals surface area contributed by atoms with Gasteiger partial charge in [0.15, 0.2) is 0 Å². The average Bonchev–Trinajstić information content (AvgIpc) is 3.07. The third-order valence-corrected chi connectivity index (χ3v) is 6.69. The number of benzene rings is 1. The minimum atomic E-state index is 0.287. The molecule has 29 heavy (non-hydrogen) atoms. The van der Waals surface area contributed by atoms with E-state index < -0.39 is 0 Å². The lowest BCUT2D eigenvalue weighted by Crippen LogP contribution is -2.56. The van der Waals surface area contributed by atoms with Crippen molar-refractivity contribution in [3.8, 4) is 5.69 Å². The summed E-state index contributed by atoms with van der Waals surface area (Å²) < 4.78 is 2.04. The van der Waals surface area contributed by atoms with Crippen LogP contribution >= 0.6 is 0 Å². The summed E-state index contributed by atoms with van der Waals surface area (Å²) in [6, 6.07) is 12.1. The molecule has 0 radical (unpaired) electrons. The molecule has 5 nitrogen and oxygen atoms in total. The number of aliphatic hydroxyl groups is 1. The summed E-state index contributed by atoms with van der Waals surface area (Å²) in [5.41, 5.74) is 4.70. The largest absolute Gasteiger partial charge is 0.396 e. The van der Waals surface area contributed by atoms with Gasteiger partial charge in [0.1, 0.15) is 0 Å². The smallest absolute Gasteiger partial charge is 0.0651 e. The Bertz CT molecular complexity index is 796. The lowest BCUT2D eigenvalue weighted by atomic mass is 9.91. The highest BCUT2D eigenvalue weighted by atomic mass is 16.3. The van der Waals surface area contributed by atoms with Crippen LogP contribution in [0.3, 0.4) is 0 Å². The number of nitrogens with zero attached hydrogens (tertiary/aromatic N) is 4. The van der Waals surface area contributed by atoms with Crippen molar-refractivity contribution in [3.05, 3.63) is 47.3 Å². The van der Waals surface area contributed by atoms with E-state index in [4.69, 9.17) is 0 Å². The van der Waals surface area contributed by atoms with Crippen LogP contribution < -0.4 is 0 Å². The van der Waals surface area contributed by atoms with Crippen molar-refractivity contribution in [3.63, 3.8) is 0 Å². The van der Waals surface area contributed by atoms with Gasteiger partial charge in [0, 0.05) is 50.6 Å². The van der Waals surface area contributed by atoms with Crippen molar-refractivity contribution in [1.82, 2.24) is 19.6 Å². The molecular weight excluding hydrogens is 360 g/mol. The number of rotatable bonds is 6. The molecule has 2 aliphatic rings. The maximum absolute atomic E-state index is 9.65. The number of aryl methyl sites for hydroxylation is 2. The van der Waals surface area contributed by atoms with Crippen molar-refractivity contribution in [2.24, 2.45) is 0 Å². The lowest BCUT2D eigenvalue weighted by Gasteiger charge is -2.46. The SMILES string of the molecule is Cc1cc(C)n(-c2cccc(CN3CCN(C4CCCCC4)[C@@H](CCO)C3)c2)n1. The second kappa shape index (κ2) is 9.41. The summed E-state index contributed by atoms with van der Waals surface area (Å²) in [4.78, 5) is 5.29. The van der Waals surface area contributed by atoms with Crippen LogP contribution in [0.15, 0.2) is 30.3 Å². The van der Waals surface area contributed by atoms with Gasteiger partial charge in [-0.15, -0.1) is 0 Å². The molecule has 4 rings (SSSR count). The van der Waals surface area contributed by atoms with Crippen LogP contribution in [0.25, 0.3) is 5.69 Å². The molecule has 1 atom stereocenters. The number of hydrogen-bond donors (Lipinski definition) is 1. The van der Waals surface area contributed by atoms with Gasteiger partial charge in [-0.25, -0.2) is 4.68 Å². The monoisotopic (exact) mass is 396 g/mol. The Morgan fingerprint density at radius 1 is 1.07 bits per heavy atom. The van der Waals surface area contributed by atoms with Crippen molar-refractivity contribution < 1.29 is 5.11 Å². The topological polar surface area (TPSA) is 44.5 Å². The molecule has 0 amide bonds. The van der Waals surface area contributed by atoms with Crippen molar-refractivity contribution in [1.29, 1.82) is 0 Å². The van der Waals surface area contributed by atoms with Gasteiger partial charge >= 0.3 is 0 Å². The zero-order valence-corrected chi connectivity index (χ0v) is 18.1. The maximum Gasteiger partial charge on any atom is 0.0651 e. The summed E-state index contributed by atoms with van der Waals surface area (Å²) in [5.74, 6) is 0. The normalized spacial score (nSPS) is 22.2. The number of hydrogen-bond acceptors (Lipinski definition) is 4. The van der Waals surface area contributed by atoms with Crippen molar-refractivity contribution >= 4 is 0 Å². The number of aromatic nitrogens is 2. The average molecular weight is 397 g/mol. The Morgan fingerprint density at radius 3 is 2.62 bits per heavy atom. The zero-order chi connectivity index (χ0) is 20.2. The Hall–Kier alpha value is -1.69. The fraction of sp³-hybridized carbons (Fsp3) is 0.625. The van der Waals surface area contributed by atoms with Crippen LogP contribution in [-0.4, -0.2) is 63.0 Å². The number of piperazine rings is 1. The van der Waals surface area contributed by atoms with Crippen LogP contribution in [0.5, 0.6) is 0 Å². The predicted molar refractivity (Wildman–Crippen MR) is 117 cm³/mol. The highest BCUT2D eigenvalue weighted by Gasteiger charge is 2.32. The Morgan fingerprint density at radius 2 is 1.90 bits per heavy atom. The third-order valence-electron chi connectivity index (χ3n) is 6.69. The van der Waals surface area contributed by atoms with Gasteiger partial charge < -0.3 is 5.11 Å². The first-order valence-corrected chi connectivity index (χ1v) is 11.4. The van der Waals surface area contributed by atoms with E-state index in [0.29, 0.717) is 6.04 Å². The van der Waals surface area contributed by atoms with Crippen LogP contribution in [0, 0.1) is 13.8 Å². The van der Waals surface area contributed by atoms with E-state index in [9.17, 15) is 5.11 Å². The molecule has 1 saturated carbocycles. The first kappa shape index (κ1) is 20.6. The molecule has 2 heterocycles. The Labute approximate surface area is 175 Å². The van der Waals surface area contributed by atoms with Gasteiger partial charge in [0.25, 0.3) is 0 Å². The summed E-state index contributed by atoms with van der Waals surface area (Å²) in [6.45, 7) is 8.70. The molecule has 1 aliphatic carbocycles. The Balaban J connectivity index is 1.43. The summed E-state index contributed by atoms with van der Waals surface area (Å²) in [6.07, 6.45) is 7.70. The molecule has 1 aromatic heterocycles. The van der Waals surface area contributed by atoms with E-state index in [0.717, 1.165) is 50.0 Å².